The van der Waals surface area contributed by atoms with Gasteiger partial charge in [-0.25, -0.2) is 0 Å². The monoisotopic (exact) mass is 685 g/mol. The van der Waals surface area contributed by atoms with Crippen molar-refractivity contribution in [2.75, 3.05) is 0 Å². The molecule has 3 heterocycles. The normalized spacial score (nSPS) is 12.9. The van der Waals surface area contributed by atoms with Crippen molar-refractivity contribution in [3.8, 4) is 39.1 Å². The molecule has 10 aromatic rings. The molecular formula is C48H31NS2. The topological polar surface area (TPSA) is 4.93 Å². The van der Waals surface area contributed by atoms with Crippen molar-refractivity contribution in [2.24, 2.45) is 0 Å². The van der Waals surface area contributed by atoms with Crippen LogP contribution >= 0.6 is 22.7 Å². The first-order valence-electron chi connectivity index (χ1n) is 17.7. The van der Waals surface area contributed by atoms with E-state index in [1.165, 1.54) is 102 Å². The number of benzene rings is 7. The van der Waals surface area contributed by atoms with Crippen LogP contribution in [0.25, 0.3) is 97.2 Å². The first-order valence-corrected chi connectivity index (χ1v) is 19.3. The van der Waals surface area contributed by atoms with Gasteiger partial charge in [0.2, 0.25) is 0 Å². The summed E-state index contributed by atoms with van der Waals surface area (Å²) in [5, 5.41) is 6.57. The second kappa shape index (κ2) is 11.4. The summed E-state index contributed by atoms with van der Waals surface area (Å²) in [6.45, 7) is 0. The zero-order valence-corrected chi connectivity index (χ0v) is 29.4. The first kappa shape index (κ1) is 29.0. The van der Waals surface area contributed by atoms with E-state index in [2.05, 4.69) is 168 Å². The third kappa shape index (κ3) is 4.39. The number of rotatable bonds is 4. The van der Waals surface area contributed by atoms with Crippen LogP contribution in [0.1, 0.15) is 16.9 Å². The van der Waals surface area contributed by atoms with Crippen LogP contribution < -0.4 is 0 Å². The molecule has 1 aliphatic rings. The molecule has 0 amide bonds. The number of aromatic nitrogens is 1. The van der Waals surface area contributed by atoms with Gasteiger partial charge in [0, 0.05) is 73.8 Å². The van der Waals surface area contributed by atoms with Crippen LogP contribution in [0.5, 0.6) is 0 Å². The maximum absolute atomic E-state index is 2.56. The van der Waals surface area contributed by atoms with E-state index in [9.17, 15) is 0 Å². The Bertz CT molecular complexity index is 3010. The summed E-state index contributed by atoms with van der Waals surface area (Å²) < 4.78 is 6.61. The van der Waals surface area contributed by atoms with E-state index >= 15 is 0 Å². The molecule has 11 rings (SSSR count). The van der Waals surface area contributed by atoms with Crippen molar-refractivity contribution in [2.45, 2.75) is 12.8 Å². The van der Waals surface area contributed by atoms with Crippen molar-refractivity contribution < 1.29 is 0 Å². The Morgan fingerprint density at radius 2 is 1.00 bits per heavy atom. The number of aryl methyl sites for hydroxylation is 1. The molecule has 0 N–H and O–H groups in total. The standard InChI is InChI=1S/C48H31NS2/c1-2-12-30(13-3-1)31-26-28-32(29-27-31)49-45-35(16-8-18-37(45)41-22-10-20-39-33-14-4-6-24-43(33)50-47(39)41)36-17-9-19-38(46(36)49)42-23-11-21-40-34-15-5-7-25-44(34)51-48(40)42/h1-6,8-24,26-29H,7,25H2. The van der Waals surface area contributed by atoms with Gasteiger partial charge in [-0.2, -0.15) is 0 Å². The summed E-state index contributed by atoms with van der Waals surface area (Å²) in [4.78, 5) is 1.50. The smallest absolute Gasteiger partial charge is 0.0620 e. The Hall–Kier alpha value is -5.74. The van der Waals surface area contributed by atoms with E-state index < -0.39 is 0 Å². The molecule has 3 aromatic heterocycles. The lowest BCUT2D eigenvalue weighted by Gasteiger charge is -2.15. The van der Waals surface area contributed by atoms with E-state index in [1.807, 2.05) is 22.7 Å². The van der Waals surface area contributed by atoms with Crippen LogP contribution in [0.3, 0.4) is 0 Å². The van der Waals surface area contributed by atoms with Gasteiger partial charge in [-0.3, -0.25) is 0 Å². The van der Waals surface area contributed by atoms with Crippen LogP contribution in [0.15, 0.2) is 158 Å². The molecule has 0 unspecified atom stereocenters. The Balaban J connectivity index is 1.25. The molecule has 1 nitrogen and oxygen atoms in total. The zero-order chi connectivity index (χ0) is 33.5. The van der Waals surface area contributed by atoms with Crippen LogP contribution in [0, 0.1) is 0 Å². The predicted octanol–water partition coefficient (Wildman–Crippen LogP) is 14.3. The minimum Gasteiger partial charge on any atom is -0.308 e. The van der Waals surface area contributed by atoms with Gasteiger partial charge in [0.05, 0.1) is 11.0 Å². The van der Waals surface area contributed by atoms with Gasteiger partial charge in [-0.05, 0) is 47.7 Å². The fourth-order valence-corrected chi connectivity index (χ4v) is 10.9. The van der Waals surface area contributed by atoms with E-state index in [0.717, 1.165) is 12.8 Å². The molecule has 7 aromatic carbocycles. The molecule has 0 bridgehead atoms. The molecule has 0 atom stereocenters. The molecule has 0 radical (unpaired) electrons. The largest absolute Gasteiger partial charge is 0.308 e. The minimum atomic E-state index is 1.12. The highest BCUT2D eigenvalue weighted by molar-refractivity contribution is 7.26. The van der Waals surface area contributed by atoms with Crippen molar-refractivity contribution in [3.63, 3.8) is 0 Å². The Labute approximate surface area is 304 Å². The van der Waals surface area contributed by atoms with Crippen LogP contribution in [0.2, 0.25) is 0 Å². The summed E-state index contributed by atoms with van der Waals surface area (Å²) in [7, 11) is 0. The number of fused-ring (bicyclic) bond motifs is 9. The molecule has 1 aliphatic carbocycles. The summed E-state index contributed by atoms with van der Waals surface area (Å²) in [5.74, 6) is 0. The van der Waals surface area contributed by atoms with Crippen molar-refractivity contribution in [3.05, 3.63) is 168 Å². The second-order valence-corrected chi connectivity index (χ2v) is 15.7. The lowest BCUT2D eigenvalue weighted by atomic mass is 9.97. The van der Waals surface area contributed by atoms with Gasteiger partial charge < -0.3 is 4.57 Å². The van der Waals surface area contributed by atoms with Crippen LogP contribution in [-0.2, 0) is 6.42 Å². The molecule has 0 fully saturated rings. The second-order valence-electron chi connectivity index (χ2n) is 13.5. The van der Waals surface area contributed by atoms with Gasteiger partial charge in [0.15, 0.2) is 0 Å². The van der Waals surface area contributed by atoms with Gasteiger partial charge >= 0.3 is 0 Å². The number of thiophene rings is 2. The zero-order valence-electron chi connectivity index (χ0n) is 27.8. The third-order valence-corrected chi connectivity index (χ3v) is 13.2. The maximum Gasteiger partial charge on any atom is 0.0620 e. The highest BCUT2D eigenvalue weighted by atomic mass is 32.1. The molecule has 3 heteroatoms. The Kier molecular flexibility index (Phi) is 6.49. The molecule has 0 spiro atoms. The highest BCUT2D eigenvalue weighted by Gasteiger charge is 2.23. The molecule has 0 saturated heterocycles. The molecule has 51 heavy (non-hydrogen) atoms. The van der Waals surface area contributed by atoms with E-state index in [1.54, 1.807) is 0 Å². The first-order chi connectivity index (χ1) is 25.3. The van der Waals surface area contributed by atoms with E-state index in [0.29, 0.717) is 0 Å². The predicted molar refractivity (Wildman–Crippen MR) is 223 cm³/mol. The Morgan fingerprint density at radius 1 is 0.431 bits per heavy atom. The minimum absolute atomic E-state index is 1.12. The average Bonchev–Trinajstić information content (AvgIpc) is 3.88. The van der Waals surface area contributed by atoms with Gasteiger partial charge in [0.25, 0.3) is 0 Å². The molecule has 240 valence electrons. The molecular weight excluding hydrogens is 655 g/mol. The van der Waals surface area contributed by atoms with Crippen LogP contribution in [-0.4, -0.2) is 4.57 Å². The number of allylic oxidation sites excluding steroid dienone is 1. The fourth-order valence-electron chi connectivity index (χ4n) is 8.38. The molecule has 0 aliphatic heterocycles. The van der Waals surface area contributed by atoms with Gasteiger partial charge in [-0.1, -0.05) is 146 Å². The van der Waals surface area contributed by atoms with E-state index in [-0.39, 0.29) is 0 Å². The maximum atomic E-state index is 2.56. The van der Waals surface area contributed by atoms with Gasteiger partial charge in [0.1, 0.15) is 0 Å². The summed E-state index contributed by atoms with van der Waals surface area (Å²) >= 11 is 3.88. The van der Waals surface area contributed by atoms with Crippen molar-refractivity contribution in [1.82, 2.24) is 4.57 Å². The van der Waals surface area contributed by atoms with Gasteiger partial charge in [-0.15, -0.1) is 22.7 Å². The lowest BCUT2D eigenvalue weighted by Crippen LogP contribution is -1.97. The summed E-state index contributed by atoms with van der Waals surface area (Å²) in [5.41, 5.74) is 12.6. The fraction of sp³-hybridized carbons (Fsp3) is 0.0417. The van der Waals surface area contributed by atoms with E-state index in [4.69, 9.17) is 0 Å². The number of nitrogens with zero attached hydrogens (tertiary/aromatic N) is 1. The highest BCUT2D eigenvalue weighted by Crippen LogP contribution is 2.48. The third-order valence-electron chi connectivity index (χ3n) is 10.7. The lowest BCUT2D eigenvalue weighted by molar-refractivity contribution is 1.02. The molecule has 0 saturated carbocycles. The quantitative estimate of drug-likeness (QED) is 0.174. The number of hydrogen-bond donors (Lipinski definition) is 0. The number of hydrogen-bond acceptors (Lipinski definition) is 2. The SMILES string of the molecule is C1=Cc2c(sc3c(-c4cccc5c6cccc(-c7cccc8c7sc7ccccc78)c6n(-c6ccc(-c7ccccc7)cc6)c45)cccc23)CC1. The summed E-state index contributed by atoms with van der Waals surface area (Å²) in [6.07, 6.45) is 6.91. The Morgan fingerprint density at radius 3 is 1.73 bits per heavy atom. The average molecular weight is 686 g/mol. The van der Waals surface area contributed by atoms with Crippen molar-refractivity contribution in [1.29, 1.82) is 0 Å². The van der Waals surface area contributed by atoms with Crippen LogP contribution in [0.4, 0.5) is 0 Å². The number of para-hydroxylation sites is 2. The summed E-state index contributed by atoms with van der Waals surface area (Å²) in [6, 6.07) is 56.2. The van der Waals surface area contributed by atoms with Crippen molar-refractivity contribution >= 4 is 80.8 Å².